The van der Waals surface area contributed by atoms with Gasteiger partial charge in [0.15, 0.2) is 5.95 Å². The van der Waals surface area contributed by atoms with Gasteiger partial charge in [-0.05, 0) is 19.9 Å². The van der Waals surface area contributed by atoms with Crippen LogP contribution in [-0.2, 0) is 7.05 Å². The van der Waals surface area contributed by atoms with Crippen LogP contribution in [0, 0.1) is 13.8 Å². The summed E-state index contributed by atoms with van der Waals surface area (Å²) in [6.45, 7) is 3.86. The van der Waals surface area contributed by atoms with E-state index in [9.17, 15) is 0 Å². The fourth-order valence-corrected chi connectivity index (χ4v) is 1.56. The molecule has 0 aliphatic heterocycles. The number of nitrogens with zero attached hydrogens (tertiary/aromatic N) is 2. The van der Waals surface area contributed by atoms with E-state index in [1.54, 1.807) is 6.20 Å². The number of imidazole rings is 1. The largest absolute Gasteiger partial charge is 0.466 e. The van der Waals surface area contributed by atoms with Crippen molar-refractivity contribution >= 4 is 5.95 Å². The topological polar surface area (TPSA) is 57.0 Å². The van der Waals surface area contributed by atoms with Crippen LogP contribution >= 0.6 is 0 Å². The number of aryl methyl sites for hydroxylation is 2. The highest BCUT2D eigenvalue weighted by Crippen LogP contribution is 2.26. The van der Waals surface area contributed by atoms with Crippen molar-refractivity contribution in [1.29, 1.82) is 0 Å². The number of nitrogens with two attached hydrogens (primary N) is 1. The molecule has 0 bridgehead atoms. The van der Waals surface area contributed by atoms with Gasteiger partial charge in [-0.3, -0.25) is 0 Å². The monoisotopic (exact) mass is 191 g/mol. The minimum atomic E-state index is 0.512. The molecule has 0 radical (unpaired) electrons. The lowest BCUT2D eigenvalue weighted by Crippen LogP contribution is -1.98. The first-order chi connectivity index (χ1) is 6.59. The summed E-state index contributed by atoms with van der Waals surface area (Å²) in [5, 5.41) is 0. The van der Waals surface area contributed by atoms with Crippen LogP contribution in [0.3, 0.4) is 0 Å². The van der Waals surface area contributed by atoms with Crippen LogP contribution in [0.1, 0.15) is 11.5 Å². The van der Waals surface area contributed by atoms with Crippen molar-refractivity contribution in [3.8, 4) is 11.3 Å². The van der Waals surface area contributed by atoms with Gasteiger partial charge in [-0.15, -0.1) is 0 Å². The van der Waals surface area contributed by atoms with Crippen LogP contribution in [0.15, 0.2) is 16.7 Å². The first-order valence-electron chi connectivity index (χ1n) is 4.44. The molecular formula is C10H13N3O. The number of nitrogen functional groups attached to an aromatic ring is 1. The van der Waals surface area contributed by atoms with Crippen molar-refractivity contribution in [3.63, 3.8) is 0 Å². The smallest absolute Gasteiger partial charge is 0.200 e. The third-order valence-corrected chi connectivity index (χ3v) is 2.34. The van der Waals surface area contributed by atoms with Crippen molar-refractivity contribution in [3.05, 3.63) is 23.8 Å². The van der Waals surface area contributed by atoms with Gasteiger partial charge in [0.2, 0.25) is 0 Å². The quantitative estimate of drug-likeness (QED) is 0.748. The van der Waals surface area contributed by atoms with E-state index in [0.29, 0.717) is 5.95 Å². The van der Waals surface area contributed by atoms with Gasteiger partial charge in [0.25, 0.3) is 0 Å². The third-order valence-electron chi connectivity index (χ3n) is 2.34. The maximum absolute atomic E-state index is 5.66. The van der Waals surface area contributed by atoms with Gasteiger partial charge in [-0.2, -0.15) is 0 Å². The molecule has 0 amide bonds. The molecule has 0 saturated carbocycles. The van der Waals surface area contributed by atoms with E-state index in [-0.39, 0.29) is 0 Å². The molecule has 2 rings (SSSR count). The summed E-state index contributed by atoms with van der Waals surface area (Å²) in [5.41, 5.74) is 7.69. The molecule has 0 aromatic carbocycles. The molecule has 0 saturated heterocycles. The van der Waals surface area contributed by atoms with E-state index < -0.39 is 0 Å². The molecule has 0 unspecified atom stereocenters. The predicted molar refractivity (Wildman–Crippen MR) is 54.8 cm³/mol. The summed E-state index contributed by atoms with van der Waals surface area (Å²) >= 11 is 0. The molecule has 0 fully saturated rings. The number of hydrogen-bond donors (Lipinski definition) is 1. The van der Waals surface area contributed by atoms with E-state index in [1.165, 1.54) is 0 Å². The lowest BCUT2D eigenvalue weighted by atomic mass is 10.2. The molecular weight excluding hydrogens is 178 g/mol. The Morgan fingerprint density at radius 3 is 2.57 bits per heavy atom. The number of anilines is 1. The lowest BCUT2D eigenvalue weighted by Gasteiger charge is -2.00. The molecule has 2 aromatic heterocycles. The minimum absolute atomic E-state index is 0.512. The van der Waals surface area contributed by atoms with Gasteiger partial charge in [-0.25, -0.2) is 4.98 Å². The number of furan rings is 1. The van der Waals surface area contributed by atoms with Gasteiger partial charge in [-0.1, -0.05) is 0 Å². The second-order valence-corrected chi connectivity index (χ2v) is 3.39. The van der Waals surface area contributed by atoms with E-state index in [1.807, 2.05) is 31.5 Å². The van der Waals surface area contributed by atoms with E-state index in [0.717, 1.165) is 22.8 Å². The van der Waals surface area contributed by atoms with Gasteiger partial charge in [0.05, 0.1) is 11.9 Å². The summed E-state index contributed by atoms with van der Waals surface area (Å²) in [5.74, 6) is 2.31. The molecule has 0 spiro atoms. The molecule has 0 aliphatic carbocycles. The molecule has 4 heteroatoms. The second kappa shape index (κ2) is 2.90. The summed E-state index contributed by atoms with van der Waals surface area (Å²) < 4.78 is 7.30. The first kappa shape index (κ1) is 8.87. The van der Waals surface area contributed by atoms with E-state index in [2.05, 4.69) is 4.98 Å². The molecule has 74 valence electrons. The summed E-state index contributed by atoms with van der Waals surface area (Å²) in [6.07, 6.45) is 1.76. The Hall–Kier alpha value is -1.71. The molecule has 14 heavy (non-hydrogen) atoms. The van der Waals surface area contributed by atoms with Gasteiger partial charge >= 0.3 is 0 Å². The fraction of sp³-hybridized carbons (Fsp3) is 0.300. The molecule has 2 heterocycles. The average molecular weight is 191 g/mol. The van der Waals surface area contributed by atoms with Crippen LogP contribution in [0.5, 0.6) is 0 Å². The number of hydrogen-bond acceptors (Lipinski definition) is 3. The Kier molecular flexibility index (Phi) is 1.84. The van der Waals surface area contributed by atoms with Crippen LogP contribution in [0.4, 0.5) is 5.95 Å². The lowest BCUT2D eigenvalue weighted by molar-refractivity contribution is 0.505. The maximum atomic E-state index is 5.66. The molecule has 2 aromatic rings. The van der Waals surface area contributed by atoms with Crippen LogP contribution in [0.25, 0.3) is 11.3 Å². The van der Waals surface area contributed by atoms with E-state index >= 15 is 0 Å². The van der Waals surface area contributed by atoms with Gasteiger partial charge in [0.1, 0.15) is 11.5 Å². The van der Waals surface area contributed by atoms with Crippen LogP contribution < -0.4 is 5.73 Å². The highest BCUT2D eigenvalue weighted by Gasteiger charge is 2.11. The predicted octanol–water partition coefficient (Wildman–Crippen LogP) is 1.88. The SMILES string of the molecule is Cc1cc(-c2cnc(N)n2C)c(C)o1. The molecule has 4 nitrogen and oxygen atoms in total. The third kappa shape index (κ3) is 1.19. The molecule has 0 atom stereocenters. The van der Waals surface area contributed by atoms with Crippen molar-refractivity contribution in [2.45, 2.75) is 13.8 Å². The van der Waals surface area contributed by atoms with Crippen molar-refractivity contribution in [1.82, 2.24) is 9.55 Å². The Balaban J connectivity index is 2.59. The van der Waals surface area contributed by atoms with Crippen molar-refractivity contribution in [2.24, 2.45) is 7.05 Å². The Labute approximate surface area is 82.4 Å². The maximum Gasteiger partial charge on any atom is 0.200 e. The zero-order valence-corrected chi connectivity index (χ0v) is 8.53. The summed E-state index contributed by atoms with van der Waals surface area (Å²) in [7, 11) is 1.89. The van der Waals surface area contributed by atoms with Crippen molar-refractivity contribution < 1.29 is 4.42 Å². The highest BCUT2D eigenvalue weighted by molar-refractivity contribution is 5.63. The van der Waals surface area contributed by atoms with Crippen molar-refractivity contribution in [2.75, 3.05) is 5.73 Å². The van der Waals surface area contributed by atoms with E-state index in [4.69, 9.17) is 10.2 Å². The molecule has 2 N–H and O–H groups in total. The second-order valence-electron chi connectivity index (χ2n) is 3.39. The Morgan fingerprint density at radius 1 is 1.43 bits per heavy atom. The summed E-state index contributed by atoms with van der Waals surface area (Å²) in [4.78, 5) is 4.04. The van der Waals surface area contributed by atoms with Crippen LogP contribution in [-0.4, -0.2) is 9.55 Å². The highest BCUT2D eigenvalue weighted by atomic mass is 16.3. The average Bonchev–Trinajstić information content (AvgIpc) is 2.59. The fourth-order valence-electron chi connectivity index (χ4n) is 1.56. The Bertz CT molecular complexity index is 468. The number of aromatic nitrogens is 2. The minimum Gasteiger partial charge on any atom is -0.466 e. The Morgan fingerprint density at radius 2 is 2.14 bits per heavy atom. The summed E-state index contributed by atoms with van der Waals surface area (Å²) in [6, 6.07) is 1.99. The normalized spacial score (nSPS) is 10.8. The van der Waals surface area contributed by atoms with Gasteiger partial charge < -0.3 is 14.7 Å². The van der Waals surface area contributed by atoms with Crippen LogP contribution in [0.2, 0.25) is 0 Å². The standard InChI is InChI=1S/C10H13N3O/c1-6-4-8(7(2)14-6)9-5-12-10(11)13(9)3/h4-5H,1-3H3,(H2,11,12). The zero-order chi connectivity index (χ0) is 10.3. The first-order valence-corrected chi connectivity index (χ1v) is 4.44. The zero-order valence-electron chi connectivity index (χ0n) is 8.53. The molecule has 0 aliphatic rings. The number of rotatable bonds is 1. The van der Waals surface area contributed by atoms with Gasteiger partial charge in [0, 0.05) is 12.6 Å².